The summed E-state index contributed by atoms with van der Waals surface area (Å²) in [5, 5.41) is 14.2. The third kappa shape index (κ3) is 3.44. The maximum Gasteiger partial charge on any atom is 0.306 e. The molecule has 0 atom stereocenters. The molecular weight excluding hydrogens is 356 g/mol. The maximum absolute atomic E-state index is 11.0. The van der Waals surface area contributed by atoms with Crippen molar-refractivity contribution in [2.45, 2.75) is 19.4 Å². The van der Waals surface area contributed by atoms with Gasteiger partial charge in [0.05, 0.1) is 23.1 Å². The van der Waals surface area contributed by atoms with E-state index in [0.717, 1.165) is 27.6 Å². The number of nitrogens with zero attached hydrogens (tertiary/aromatic N) is 4. The van der Waals surface area contributed by atoms with E-state index in [1.807, 2.05) is 17.1 Å². The first-order chi connectivity index (χ1) is 10.1. The second kappa shape index (κ2) is 6.15. The summed E-state index contributed by atoms with van der Waals surface area (Å²) >= 11 is 5.02. The molecule has 2 aromatic heterocycles. The van der Waals surface area contributed by atoms with E-state index in [1.165, 1.54) is 0 Å². The third-order valence-electron chi connectivity index (χ3n) is 3.58. The minimum atomic E-state index is -0.682. The molecule has 8 heteroatoms. The molecule has 6 nitrogen and oxygen atoms in total. The zero-order valence-electron chi connectivity index (χ0n) is 11.3. The number of anilines is 1. The summed E-state index contributed by atoms with van der Waals surface area (Å²) in [6, 6.07) is 0. The number of carboxylic acids is 1. The third-order valence-corrected chi connectivity index (χ3v) is 5.03. The quantitative estimate of drug-likeness (QED) is 0.894. The second-order valence-electron chi connectivity index (χ2n) is 5.06. The number of aliphatic carboxylic acids is 1. The van der Waals surface area contributed by atoms with Crippen molar-refractivity contribution >= 4 is 38.4 Å². The van der Waals surface area contributed by atoms with Crippen LogP contribution in [-0.2, 0) is 11.3 Å². The number of piperidine rings is 1. The number of rotatable bonds is 4. The van der Waals surface area contributed by atoms with Crippen molar-refractivity contribution in [3.63, 3.8) is 0 Å². The highest BCUT2D eigenvalue weighted by molar-refractivity contribution is 9.10. The lowest BCUT2D eigenvalue weighted by molar-refractivity contribution is -0.142. The molecular formula is C13H15BrN4O2S. The van der Waals surface area contributed by atoms with Gasteiger partial charge in [-0.05, 0) is 28.8 Å². The zero-order chi connectivity index (χ0) is 14.8. The van der Waals surface area contributed by atoms with E-state index in [9.17, 15) is 4.79 Å². The number of halogens is 1. The van der Waals surface area contributed by atoms with E-state index in [1.54, 1.807) is 17.5 Å². The van der Waals surface area contributed by atoms with E-state index in [2.05, 4.69) is 30.9 Å². The summed E-state index contributed by atoms with van der Waals surface area (Å²) in [6.07, 6.45) is 6.95. The Morgan fingerprint density at radius 3 is 2.81 bits per heavy atom. The van der Waals surface area contributed by atoms with Gasteiger partial charge in [0, 0.05) is 30.4 Å². The van der Waals surface area contributed by atoms with Crippen molar-refractivity contribution in [2.75, 3.05) is 18.0 Å². The fourth-order valence-electron chi connectivity index (χ4n) is 2.42. The molecule has 0 bridgehead atoms. The molecule has 0 unspecified atom stereocenters. The van der Waals surface area contributed by atoms with Gasteiger partial charge in [-0.1, -0.05) is 11.3 Å². The van der Waals surface area contributed by atoms with Crippen LogP contribution in [0.3, 0.4) is 0 Å². The van der Waals surface area contributed by atoms with Crippen molar-refractivity contribution in [3.8, 4) is 0 Å². The monoisotopic (exact) mass is 370 g/mol. The summed E-state index contributed by atoms with van der Waals surface area (Å²) < 4.78 is 2.82. The number of thiazole rings is 1. The Labute approximate surface area is 134 Å². The molecule has 3 heterocycles. The van der Waals surface area contributed by atoms with Gasteiger partial charge in [-0.2, -0.15) is 5.10 Å². The number of hydrogen-bond acceptors (Lipinski definition) is 5. The molecule has 2 aromatic rings. The Balaban J connectivity index is 1.61. The zero-order valence-corrected chi connectivity index (χ0v) is 13.7. The molecule has 1 saturated heterocycles. The van der Waals surface area contributed by atoms with Gasteiger partial charge in [-0.15, -0.1) is 0 Å². The van der Waals surface area contributed by atoms with Crippen molar-refractivity contribution in [2.24, 2.45) is 5.92 Å². The maximum atomic E-state index is 11.0. The van der Waals surface area contributed by atoms with Crippen LogP contribution in [0.2, 0.25) is 0 Å². The normalized spacial score (nSPS) is 16.3. The van der Waals surface area contributed by atoms with Gasteiger partial charge in [-0.3, -0.25) is 9.48 Å². The summed E-state index contributed by atoms with van der Waals surface area (Å²) in [7, 11) is 0. The molecule has 21 heavy (non-hydrogen) atoms. The molecule has 1 fully saturated rings. The lowest BCUT2D eigenvalue weighted by Crippen LogP contribution is -2.36. The number of carboxylic acid groups (broad SMARTS) is 1. The highest BCUT2D eigenvalue weighted by Crippen LogP contribution is 2.28. The van der Waals surface area contributed by atoms with Crippen LogP contribution in [0.5, 0.6) is 0 Å². The fraction of sp³-hybridized carbons (Fsp3) is 0.462. The lowest BCUT2D eigenvalue weighted by atomic mass is 9.98. The Morgan fingerprint density at radius 2 is 2.19 bits per heavy atom. The predicted octanol–water partition coefficient (Wildman–Crippen LogP) is 2.45. The van der Waals surface area contributed by atoms with Crippen LogP contribution in [0.4, 0.5) is 5.13 Å². The average Bonchev–Trinajstić information content (AvgIpc) is 3.09. The van der Waals surface area contributed by atoms with E-state index >= 15 is 0 Å². The highest BCUT2D eigenvalue weighted by atomic mass is 79.9. The number of carbonyl (C=O) groups is 1. The molecule has 0 amide bonds. The molecule has 3 rings (SSSR count). The molecule has 0 saturated carbocycles. The van der Waals surface area contributed by atoms with Gasteiger partial charge in [0.25, 0.3) is 0 Å². The Morgan fingerprint density at radius 1 is 1.43 bits per heavy atom. The Kier molecular flexibility index (Phi) is 4.25. The van der Waals surface area contributed by atoms with Gasteiger partial charge < -0.3 is 10.0 Å². The van der Waals surface area contributed by atoms with Gasteiger partial charge in [0.1, 0.15) is 0 Å². The second-order valence-corrected chi connectivity index (χ2v) is 7.07. The van der Waals surface area contributed by atoms with Gasteiger partial charge in [-0.25, -0.2) is 4.98 Å². The van der Waals surface area contributed by atoms with Crippen molar-refractivity contribution in [1.29, 1.82) is 0 Å². The predicted molar refractivity (Wildman–Crippen MR) is 83.7 cm³/mol. The smallest absolute Gasteiger partial charge is 0.306 e. The fourth-order valence-corrected chi connectivity index (χ4v) is 3.70. The van der Waals surface area contributed by atoms with E-state index < -0.39 is 5.97 Å². The lowest BCUT2D eigenvalue weighted by Gasteiger charge is -2.29. The molecule has 0 radical (unpaired) electrons. The van der Waals surface area contributed by atoms with Crippen molar-refractivity contribution < 1.29 is 9.90 Å². The largest absolute Gasteiger partial charge is 0.481 e. The summed E-state index contributed by atoms with van der Waals surface area (Å²) in [5.74, 6) is -0.888. The first-order valence-corrected chi connectivity index (χ1v) is 8.33. The summed E-state index contributed by atoms with van der Waals surface area (Å²) in [6.45, 7) is 2.23. The summed E-state index contributed by atoms with van der Waals surface area (Å²) in [5.41, 5.74) is 0. The van der Waals surface area contributed by atoms with E-state index in [4.69, 9.17) is 5.11 Å². The van der Waals surface area contributed by atoms with Crippen LogP contribution < -0.4 is 4.90 Å². The minimum absolute atomic E-state index is 0.206. The topological polar surface area (TPSA) is 71.2 Å². The number of hydrogen-bond donors (Lipinski definition) is 1. The summed E-state index contributed by atoms with van der Waals surface area (Å²) in [4.78, 5) is 18.7. The minimum Gasteiger partial charge on any atom is -0.481 e. The standard InChI is InChI=1S/C13H15BrN4O2S/c14-10-5-16-18(7-10)8-11-6-15-13(21-11)17-3-1-9(2-4-17)12(19)20/h5-7,9H,1-4,8H2,(H,19,20). The van der Waals surface area contributed by atoms with Crippen LogP contribution in [0, 0.1) is 5.92 Å². The average molecular weight is 371 g/mol. The van der Waals surface area contributed by atoms with Crippen LogP contribution in [0.15, 0.2) is 23.1 Å². The molecule has 0 aliphatic carbocycles. The van der Waals surface area contributed by atoms with Crippen LogP contribution >= 0.6 is 27.3 Å². The molecule has 0 aromatic carbocycles. The SMILES string of the molecule is O=C(O)C1CCN(c2ncc(Cn3cc(Br)cn3)s2)CC1. The van der Waals surface area contributed by atoms with Crippen molar-refractivity contribution in [1.82, 2.24) is 14.8 Å². The first-order valence-electron chi connectivity index (χ1n) is 6.72. The van der Waals surface area contributed by atoms with Crippen LogP contribution in [-0.4, -0.2) is 38.9 Å². The number of aromatic nitrogens is 3. The highest BCUT2D eigenvalue weighted by Gasteiger charge is 2.25. The molecule has 0 spiro atoms. The van der Waals surface area contributed by atoms with Gasteiger partial charge in [0.2, 0.25) is 0 Å². The van der Waals surface area contributed by atoms with E-state index in [-0.39, 0.29) is 5.92 Å². The Hall–Kier alpha value is -1.41. The Bertz CT molecular complexity index is 634. The van der Waals surface area contributed by atoms with Crippen LogP contribution in [0.1, 0.15) is 17.7 Å². The van der Waals surface area contributed by atoms with E-state index in [0.29, 0.717) is 19.4 Å². The molecule has 112 valence electrons. The molecule has 1 aliphatic heterocycles. The first kappa shape index (κ1) is 14.5. The van der Waals surface area contributed by atoms with Crippen molar-refractivity contribution in [3.05, 3.63) is 27.9 Å². The van der Waals surface area contributed by atoms with Crippen LogP contribution in [0.25, 0.3) is 0 Å². The van der Waals surface area contributed by atoms with Gasteiger partial charge >= 0.3 is 5.97 Å². The van der Waals surface area contributed by atoms with Gasteiger partial charge in [0.15, 0.2) is 5.13 Å². The molecule has 1 aliphatic rings. The molecule has 1 N–H and O–H groups in total.